The van der Waals surface area contributed by atoms with Crippen LogP contribution in [0.25, 0.3) is 0 Å². The highest BCUT2D eigenvalue weighted by atomic mass is 32.3. The average molecular weight is 562 g/mol. The van der Waals surface area contributed by atoms with Gasteiger partial charge in [0.15, 0.2) is 0 Å². The topological polar surface area (TPSA) is 124 Å². The van der Waals surface area contributed by atoms with Crippen molar-refractivity contribution in [3.05, 3.63) is 121 Å². The number of rotatable bonds is 12. The minimum absolute atomic E-state index is 0.0266. The van der Waals surface area contributed by atoms with Crippen LogP contribution in [-0.4, -0.2) is 8.42 Å². The fourth-order valence-corrected chi connectivity index (χ4v) is 7.00. The molecule has 0 N–H and O–H groups in total. The number of phosphoric acid groups is 2. The summed E-state index contributed by atoms with van der Waals surface area (Å²) < 4.78 is 83.3. The fraction of sp³-hybridized carbons (Fsp3) is 0. The summed E-state index contributed by atoms with van der Waals surface area (Å²) >= 11 is 0. The van der Waals surface area contributed by atoms with Gasteiger partial charge in [-0.05, 0) is 48.5 Å². The Morgan fingerprint density at radius 2 is 0.622 bits per heavy atom. The minimum Gasteiger partial charge on any atom is -0.394 e. The van der Waals surface area contributed by atoms with Gasteiger partial charge in [0.05, 0.1) is 0 Å². The standard InChI is InChI=1S/C24H20O10P2S/c25-35(29-21-13-5-1-6-14-21,30-22-15-7-2-8-16-22)33-37(27,28)34-36(26,31-23-17-9-3-10-18-23)32-24-19-11-4-12-20-24/h1-20H. The maximum atomic E-state index is 13.5. The molecule has 0 spiro atoms. The van der Waals surface area contributed by atoms with E-state index in [1.165, 1.54) is 48.5 Å². The lowest BCUT2D eigenvalue weighted by Gasteiger charge is -2.21. The summed E-state index contributed by atoms with van der Waals surface area (Å²) in [5.74, 6) is -0.107. The Labute approximate surface area is 213 Å². The highest BCUT2D eigenvalue weighted by molar-refractivity contribution is 7.90. The van der Waals surface area contributed by atoms with Gasteiger partial charge in [0.2, 0.25) is 0 Å². The lowest BCUT2D eigenvalue weighted by atomic mass is 10.3. The van der Waals surface area contributed by atoms with Crippen molar-refractivity contribution in [2.75, 3.05) is 0 Å². The zero-order chi connectivity index (χ0) is 26.2. The first kappa shape index (κ1) is 26.5. The van der Waals surface area contributed by atoms with Gasteiger partial charge in [0, 0.05) is 0 Å². The molecule has 0 saturated carbocycles. The summed E-state index contributed by atoms with van der Waals surface area (Å²) in [6.07, 6.45) is 0. The first-order valence-corrected chi connectivity index (χ1v) is 14.8. The van der Waals surface area contributed by atoms with E-state index in [-0.39, 0.29) is 23.0 Å². The Bertz CT molecular complexity index is 1290. The number of para-hydroxylation sites is 4. The summed E-state index contributed by atoms with van der Waals surface area (Å²) in [7, 11) is -15.4. The summed E-state index contributed by atoms with van der Waals surface area (Å²) in [6.45, 7) is 0. The fourth-order valence-electron chi connectivity index (χ4n) is 2.78. The molecule has 0 aromatic heterocycles. The second-order valence-corrected chi connectivity index (χ2v) is 11.6. The Hall–Kier alpha value is -3.59. The summed E-state index contributed by atoms with van der Waals surface area (Å²) in [4.78, 5) is 0. The van der Waals surface area contributed by atoms with Gasteiger partial charge in [-0.1, -0.05) is 72.8 Å². The van der Waals surface area contributed by atoms with Gasteiger partial charge in [-0.25, -0.2) is 9.13 Å². The van der Waals surface area contributed by atoms with Crippen LogP contribution >= 0.6 is 15.6 Å². The first-order chi connectivity index (χ1) is 17.7. The molecule has 0 aliphatic carbocycles. The van der Waals surface area contributed by atoms with E-state index in [1.54, 1.807) is 72.8 Å². The van der Waals surface area contributed by atoms with Crippen molar-refractivity contribution >= 4 is 26.0 Å². The van der Waals surface area contributed by atoms with Crippen LogP contribution in [0.3, 0.4) is 0 Å². The van der Waals surface area contributed by atoms with Gasteiger partial charge in [-0.2, -0.15) is 8.42 Å². The molecule has 0 fully saturated rings. The normalized spacial score (nSPS) is 11.9. The lowest BCUT2D eigenvalue weighted by Crippen LogP contribution is -2.16. The average Bonchev–Trinajstić information content (AvgIpc) is 2.85. The molecule has 0 radical (unpaired) electrons. The largest absolute Gasteiger partial charge is 0.604 e. The van der Waals surface area contributed by atoms with Crippen molar-refractivity contribution in [3.8, 4) is 23.0 Å². The first-order valence-electron chi connectivity index (χ1n) is 10.6. The summed E-state index contributed by atoms with van der Waals surface area (Å²) in [5, 5.41) is 0. The van der Waals surface area contributed by atoms with Crippen molar-refractivity contribution in [2.45, 2.75) is 0 Å². The van der Waals surface area contributed by atoms with Crippen LogP contribution < -0.4 is 18.1 Å². The van der Waals surface area contributed by atoms with E-state index in [1.807, 2.05) is 0 Å². The second-order valence-electron chi connectivity index (χ2n) is 7.07. The molecule has 4 aromatic carbocycles. The molecule has 0 unspecified atom stereocenters. The highest BCUT2D eigenvalue weighted by Gasteiger charge is 2.45. The Morgan fingerprint density at radius 1 is 0.405 bits per heavy atom. The smallest absolute Gasteiger partial charge is 0.394 e. The molecule has 0 amide bonds. The van der Waals surface area contributed by atoms with E-state index >= 15 is 0 Å². The Morgan fingerprint density at radius 3 is 0.838 bits per heavy atom. The van der Waals surface area contributed by atoms with Crippen LogP contribution in [0.4, 0.5) is 0 Å². The SMILES string of the molecule is O=P(Oc1ccccc1)(Oc1ccccc1)OS(=O)(=O)OP(=O)(Oc1ccccc1)Oc1ccccc1. The number of phosphoric ester groups is 2. The van der Waals surface area contributed by atoms with Gasteiger partial charge >= 0.3 is 26.0 Å². The highest BCUT2D eigenvalue weighted by Crippen LogP contribution is 2.56. The van der Waals surface area contributed by atoms with Crippen molar-refractivity contribution < 1.29 is 43.6 Å². The van der Waals surface area contributed by atoms with Crippen LogP contribution in [0.2, 0.25) is 0 Å². The van der Waals surface area contributed by atoms with Crippen LogP contribution in [0, 0.1) is 0 Å². The van der Waals surface area contributed by atoms with E-state index in [4.69, 9.17) is 26.0 Å². The van der Waals surface area contributed by atoms with Gasteiger partial charge in [-0.3, -0.25) is 0 Å². The molecule has 37 heavy (non-hydrogen) atoms. The van der Waals surface area contributed by atoms with E-state index in [0.29, 0.717) is 0 Å². The third-order valence-electron chi connectivity index (χ3n) is 4.21. The maximum absolute atomic E-state index is 13.5. The Kier molecular flexibility index (Phi) is 8.33. The predicted molar refractivity (Wildman–Crippen MR) is 135 cm³/mol. The minimum atomic E-state index is -5.40. The van der Waals surface area contributed by atoms with Crippen molar-refractivity contribution in [3.63, 3.8) is 0 Å². The number of benzene rings is 4. The van der Waals surface area contributed by atoms with Crippen LogP contribution in [0.5, 0.6) is 23.0 Å². The van der Waals surface area contributed by atoms with Crippen molar-refractivity contribution in [2.24, 2.45) is 0 Å². The van der Waals surface area contributed by atoms with Crippen LogP contribution in [-0.2, 0) is 27.5 Å². The zero-order valence-corrected chi connectivity index (χ0v) is 21.5. The summed E-state index contributed by atoms with van der Waals surface area (Å²) in [5.41, 5.74) is 0. The number of hydrogen-bond donors (Lipinski definition) is 0. The van der Waals surface area contributed by atoms with Crippen molar-refractivity contribution in [1.29, 1.82) is 0 Å². The molecule has 0 aliphatic rings. The van der Waals surface area contributed by atoms with Gasteiger partial charge in [-0.15, -0.1) is 7.94 Å². The van der Waals surface area contributed by atoms with Crippen LogP contribution in [0.15, 0.2) is 121 Å². The van der Waals surface area contributed by atoms with E-state index in [9.17, 15) is 17.5 Å². The quantitative estimate of drug-likeness (QED) is 0.170. The molecule has 0 aliphatic heterocycles. The molecule has 4 aromatic rings. The third kappa shape index (κ3) is 8.21. The molecular formula is C24H20O10P2S. The van der Waals surface area contributed by atoms with E-state index < -0.39 is 26.0 Å². The monoisotopic (exact) mass is 562 g/mol. The molecular weight excluding hydrogens is 542 g/mol. The van der Waals surface area contributed by atoms with Crippen molar-refractivity contribution in [1.82, 2.24) is 0 Å². The zero-order valence-electron chi connectivity index (χ0n) is 18.9. The van der Waals surface area contributed by atoms with E-state index in [2.05, 4.69) is 0 Å². The number of hydrogen-bond acceptors (Lipinski definition) is 10. The summed E-state index contributed by atoms with van der Waals surface area (Å²) in [6, 6.07) is 30.3. The molecule has 0 saturated heterocycles. The lowest BCUT2D eigenvalue weighted by molar-refractivity contribution is 0.258. The molecule has 4 rings (SSSR count). The van der Waals surface area contributed by atoms with Gasteiger partial charge in [0.25, 0.3) is 0 Å². The van der Waals surface area contributed by atoms with Crippen LogP contribution in [0.1, 0.15) is 0 Å². The predicted octanol–water partition coefficient (Wildman–Crippen LogP) is 6.80. The second kappa shape index (κ2) is 11.6. The molecule has 0 heterocycles. The maximum Gasteiger partial charge on any atom is 0.604 e. The molecule has 10 nitrogen and oxygen atoms in total. The molecule has 0 bridgehead atoms. The third-order valence-corrected chi connectivity index (χ3v) is 8.87. The Balaban J connectivity index is 1.63. The molecule has 0 atom stereocenters. The van der Waals surface area contributed by atoms with E-state index in [0.717, 1.165) is 0 Å². The molecule has 192 valence electrons. The van der Waals surface area contributed by atoms with Gasteiger partial charge < -0.3 is 18.1 Å². The van der Waals surface area contributed by atoms with Gasteiger partial charge in [0.1, 0.15) is 23.0 Å². The molecule has 13 heteroatoms.